The summed E-state index contributed by atoms with van der Waals surface area (Å²) in [5, 5.41) is 0. The molecule has 0 N–H and O–H groups in total. The Hall–Kier alpha value is -2.82. The summed E-state index contributed by atoms with van der Waals surface area (Å²) in [6.07, 6.45) is 0. The van der Waals surface area contributed by atoms with Crippen LogP contribution in [-0.2, 0) is 20.9 Å². The summed E-state index contributed by atoms with van der Waals surface area (Å²) in [5.74, 6) is 0.181. The lowest BCUT2D eigenvalue weighted by Gasteiger charge is -2.21. The van der Waals surface area contributed by atoms with E-state index >= 15 is 0 Å². The number of ether oxygens (including phenoxy) is 2. The van der Waals surface area contributed by atoms with Crippen LogP contribution < -0.4 is 4.74 Å². The normalized spacial score (nSPS) is 10.6. The molecule has 5 nitrogen and oxygen atoms in total. The van der Waals surface area contributed by atoms with E-state index in [0.29, 0.717) is 18.8 Å². The van der Waals surface area contributed by atoms with E-state index in [0.717, 1.165) is 16.7 Å². The van der Waals surface area contributed by atoms with Gasteiger partial charge in [-0.3, -0.25) is 4.79 Å². The van der Waals surface area contributed by atoms with Crippen LogP contribution >= 0.6 is 0 Å². The van der Waals surface area contributed by atoms with E-state index in [4.69, 9.17) is 9.47 Å². The zero-order valence-electron chi connectivity index (χ0n) is 17.1. The smallest absolute Gasteiger partial charge is 0.344 e. The molecular formula is C23H29NO4. The highest BCUT2D eigenvalue weighted by molar-refractivity contribution is 5.81. The van der Waals surface area contributed by atoms with E-state index in [1.807, 2.05) is 62.4 Å². The van der Waals surface area contributed by atoms with Crippen LogP contribution in [0.25, 0.3) is 0 Å². The second kappa shape index (κ2) is 10.5. The molecular weight excluding hydrogens is 354 g/mol. The Morgan fingerprint density at radius 3 is 2.39 bits per heavy atom. The molecule has 2 aromatic carbocycles. The summed E-state index contributed by atoms with van der Waals surface area (Å²) in [6.45, 7) is 8.54. The first kappa shape index (κ1) is 21.5. The highest BCUT2D eigenvalue weighted by atomic mass is 16.6. The van der Waals surface area contributed by atoms with Crippen LogP contribution in [-0.4, -0.2) is 36.5 Å². The first-order valence-electron chi connectivity index (χ1n) is 9.61. The van der Waals surface area contributed by atoms with Crippen molar-refractivity contribution in [3.05, 3.63) is 65.2 Å². The minimum atomic E-state index is -0.555. The van der Waals surface area contributed by atoms with Crippen molar-refractivity contribution in [2.75, 3.05) is 19.8 Å². The third-order valence-electron chi connectivity index (χ3n) is 4.44. The van der Waals surface area contributed by atoms with Gasteiger partial charge in [0, 0.05) is 13.1 Å². The van der Waals surface area contributed by atoms with E-state index in [1.165, 1.54) is 0 Å². The van der Waals surface area contributed by atoms with Gasteiger partial charge in [-0.25, -0.2) is 4.79 Å². The topological polar surface area (TPSA) is 55.8 Å². The van der Waals surface area contributed by atoms with Gasteiger partial charge in [0.2, 0.25) is 0 Å². The molecule has 28 heavy (non-hydrogen) atoms. The monoisotopic (exact) mass is 383 g/mol. The molecule has 0 bridgehead atoms. The Balaban J connectivity index is 1.85. The second-order valence-corrected chi connectivity index (χ2v) is 7.04. The lowest BCUT2D eigenvalue weighted by molar-refractivity contribution is -0.153. The third kappa shape index (κ3) is 6.41. The van der Waals surface area contributed by atoms with Gasteiger partial charge < -0.3 is 14.4 Å². The van der Waals surface area contributed by atoms with E-state index in [-0.39, 0.29) is 25.0 Å². The van der Waals surface area contributed by atoms with Crippen molar-refractivity contribution in [3.8, 4) is 5.75 Å². The van der Waals surface area contributed by atoms with Crippen LogP contribution in [0.15, 0.2) is 48.5 Å². The predicted octanol–water partition coefficient (Wildman–Crippen LogP) is 4.09. The van der Waals surface area contributed by atoms with Crippen molar-refractivity contribution in [2.24, 2.45) is 0 Å². The molecule has 0 aliphatic rings. The molecule has 0 aliphatic carbocycles. The largest absolute Gasteiger partial charge is 0.482 e. The summed E-state index contributed by atoms with van der Waals surface area (Å²) >= 11 is 0. The van der Waals surface area contributed by atoms with Gasteiger partial charge in [-0.15, -0.1) is 0 Å². The molecule has 0 saturated carbocycles. The average Bonchev–Trinajstić information content (AvgIpc) is 2.69. The molecule has 0 atom stereocenters. The van der Waals surface area contributed by atoms with Gasteiger partial charge in [0.15, 0.2) is 13.2 Å². The van der Waals surface area contributed by atoms with Crippen LogP contribution in [0.5, 0.6) is 5.75 Å². The standard InChI is InChI=1S/C23H29NO4/c1-5-24(14-19-9-7-6-8-10-19)22(25)15-28-23(26)16-27-21-13-18(4)11-12-20(21)17(2)3/h6-13,17H,5,14-16H2,1-4H3. The molecule has 1 amide bonds. The van der Waals surface area contributed by atoms with Crippen molar-refractivity contribution in [1.29, 1.82) is 0 Å². The Labute approximate surface area is 167 Å². The van der Waals surface area contributed by atoms with Crippen LogP contribution in [0.3, 0.4) is 0 Å². The molecule has 0 heterocycles. The summed E-state index contributed by atoms with van der Waals surface area (Å²) in [6, 6.07) is 15.7. The Morgan fingerprint density at radius 2 is 1.75 bits per heavy atom. The van der Waals surface area contributed by atoms with Crippen LogP contribution in [0.2, 0.25) is 0 Å². The maximum absolute atomic E-state index is 12.4. The first-order chi connectivity index (χ1) is 13.4. The molecule has 0 spiro atoms. The molecule has 2 rings (SSSR count). The molecule has 0 unspecified atom stereocenters. The number of nitrogens with zero attached hydrogens (tertiary/aromatic N) is 1. The number of rotatable bonds is 9. The van der Waals surface area contributed by atoms with Gasteiger partial charge in [-0.05, 0) is 42.5 Å². The molecule has 0 radical (unpaired) electrons. The van der Waals surface area contributed by atoms with Gasteiger partial charge in [-0.1, -0.05) is 56.3 Å². The Bertz CT molecular complexity index is 786. The van der Waals surface area contributed by atoms with E-state index < -0.39 is 5.97 Å². The number of carbonyl (C=O) groups excluding carboxylic acids is 2. The number of esters is 1. The van der Waals surface area contributed by atoms with E-state index in [2.05, 4.69) is 13.8 Å². The highest BCUT2D eigenvalue weighted by Gasteiger charge is 2.16. The number of benzene rings is 2. The fourth-order valence-corrected chi connectivity index (χ4v) is 2.84. The summed E-state index contributed by atoms with van der Waals surface area (Å²) in [5.41, 5.74) is 3.13. The number of carbonyl (C=O) groups is 2. The molecule has 0 fully saturated rings. The maximum Gasteiger partial charge on any atom is 0.344 e. The van der Waals surface area contributed by atoms with Crippen molar-refractivity contribution in [3.63, 3.8) is 0 Å². The zero-order valence-corrected chi connectivity index (χ0v) is 17.1. The van der Waals surface area contributed by atoms with Crippen LogP contribution in [0, 0.1) is 6.92 Å². The van der Waals surface area contributed by atoms with Crippen molar-refractivity contribution in [1.82, 2.24) is 4.90 Å². The summed E-state index contributed by atoms with van der Waals surface area (Å²) < 4.78 is 10.8. The molecule has 0 saturated heterocycles. The lowest BCUT2D eigenvalue weighted by Crippen LogP contribution is -2.34. The molecule has 5 heteroatoms. The van der Waals surface area contributed by atoms with Crippen LogP contribution in [0.1, 0.15) is 43.4 Å². The number of amides is 1. The fraction of sp³-hybridized carbons (Fsp3) is 0.391. The first-order valence-corrected chi connectivity index (χ1v) is 9.61. The fourth-order valence-electron chi connectivity index (χ4n) is 2.84. The predicted molar refractivity (Wildman–Crippen MR) is 109 cm³/mol. The lowest BCUT2D eigenvalue weighted by atomic mass is 10.0. The van der Waals surface area contributed by atoms with E-state index in [1.54, 1.807) is 4.90 Å². The minimum absolute atomic E-state index is 0.221. The summed E-state index contributed by atoms with van der Waals surface area (Å²) in [7, 11) is 0. The second-order valence-electron chi connectivity index (χ2n) is 7.04. The third-order valence-corrected chi connectivity index (χ3v) is 4.44. The summed E-state index contributed by atoms with van der Waals surface area (Å²) in [4.78, 5) is 26.0. The van der Waals surface area contributed by atoms with Crippen LogP contribution in [0.4, 0.5) is 0 Å². The van der Waals surface area contributed by atoms with Gasteiger partial charge in [0.05, 0.1) is 0 Å². The zero-order chi connectivity index (χ0) is 20.5. The number of hydrogen-bond donors (Lipinski definition) is 0. The molecule has 150 valence electrons. The Kier molecular flexibility index (Phi) is 8.05. The minimum Gasteiger partial charge on any atom is -0.482 e. The van der Waals surface area contributed by atoms with Gasteiger partial charge in [-0.2, -0.15) is 0 Å². The molecule has 0 aromatic heterocycles. The van der Waals surface area contributed by atoms with E-state index in [9.17, 15) is 9.59 Å². The molecule has 0 aliphatic heterocycles. The number of hydrogen-bond acceptors (Lipinski definition) is 4. The van der Waals surface area contributed by atoms with Crippen molar-refractivity contribution in [2.45, 2.75) is 40.2 Å². The highest BCUT2D eigenvalue weighted by Crippen LogP contribution is 2.27. The van der Waals surface area contributed by atoms with Crippen molar-refractivity contribution >= 4 is 11.9 Å². The van der Waals surface area contributed by atoms with Gasteiger partial charge in [0.25, 0.3) is 5.91 Å². The average molecular weight is 383 g/mol. The SMILES string of the molecule is CCN(Cc1ccccc1)C(=O)COC(=O)COc1cc(C)ccc1C(C)C. The van der Waals surface area contributed by atoms with Gasteiger partial charge in [0.1, 0.15) is 5.75 Å². The number of aryl methyl sites for hydroxylation is 1. The quantitative estimate of drug-likeness (QED) is 0.612. The maximum atomic E-state index is 12.4. The van der Waals surface area contributed by atoms with Gasteiger partial charge >= 0.3 is 5.97 Å². The number of likely N-dealkylation sites (N-methyl/N-ethyl adjacent to an activating group) is 1. The Morgan fingerprint density at radius 1 is 1.04 bits per heavy atom. The molecule has 2 aromatic rings. The van der Waals surface area contributed by atoms with Crippen molar-refractivity contribution < 1.29 is 19.1 Å².